The van der Waals surface area contributed by atoms with Gasteiger partial charge in [0.25, 0.3) is 0 Å². The van der Waals surface area contributed by atoms with Crippen molar-refractivity contribution in [2.24, 2.45) is 0 Å². The molecule has 4 aromatic carbocycles. The van der Waals surface area contributed by atoms with Crippen molar-refractivity contribution in [3.8, 4) is 23.0 Å². The third-order valence-electron chi connectivity index (χ3n) is 12.2. The van der Waals surface area contributed by atoms with E-state index in [0.29, 0.717) is 37.4 Å². The van der Waals surface area contributed by atoms with Gasteiger partial charge in [-0.2, -0.15) is 0 Å². The van der Waals surface area contributed by atoms with Crippen LogP contribution < -0.4 is 9.47 Å². The van der Waals surface area contributed by atoms with Crippen molar-refractivity contribution < 1.29 is 37.5 Å². The predicted molar refractivity (Wildman–Crippen MR) is 214 cm³/mol. The van der Waals surface area contributed by atoms with Gasteiger partial charge in [-0.15, -0.1) is 0 Å². The summed E-state index contributed by atoms with van der Waals surface area (Å²) in [5, 5.41) is 0. The van der Waals surface area contributed by atoms with Crippen LogP contribution in [0.15, 0.2) is 97.1 Å². The molecule has 0 amide bonds. The first-order valence-corrected chi connectivity index (χ1v) is 19.4. The molecule has 0 bridgehead atoms. The summed E-state index contributed by atoms with van der Waals surface area (Å²) in [4.78, 5) is 26.1. The Hall–Kier alpha value is -4.66. The summed E-state index contributed by atoms with van der Waals surface area (Å²) in [6, 6.07) is 32.6. The van der Waals surface area contributed by atoms with Crippen molar-refractivity contribution in [3.63, 3.8) is 0 Å². The highest BCUT2D eigenvalue weighted by atomic mass is 16.5. The molecule has 6 rings (SSSR count). The van der Waals surface area contributed by atoms with E-state index in [4.69, 9.17) is 18.9 Å². The van der Waals surface area contributed by atoms with Crippen LogP contribution in [0, 0.1) is 0 Å². The lowest BCUT2D eigenvalue weighted by Gasteiger charge is -2.42. The summed E-state index contributed by atoms with van der Waals surface area (Å²) in [5.74, 6) is 1.60. The molecule has 0 aromatic heterocycles. The number of ether oxygens (including phenoxy) is 4. The number of quaternary nitrogens is 2. The van der Waals surface area contributed by atoms with Crippen molar-refractivity contribution in [3.05, 3.63) is 119 Å². The second-order valence-electron chi connectivity index (χ2n) is 16.1. The van der Waals surface area contributed by atoms with Gasteiger partial charge in [0.2, 0.25) is 0 Å². The van der Waals surface area contributed by atoms with Crippen LogP contribution in [0.4, 0.5) is 0 Å². The van der Waals surface area contributed by atoms with Gasteiger partial charge in [-0.1, -0.05) is 72.8 Å². The fraction of sp³-hybridized carbons (Fsp3) is 0.435. The van der Waals surface area contributed by atoms with Crippen molar-refractivity contribution in [2.75, 3.05) is 40.4 Å². The first-order chi connectivity index (χ1) is 25.7. The molecule has 8 heteroatoms. The number of carbonyl (C=O) groups is 2. The fourth-order valence-corrected chi connectivity index (χ4v) is 7.41. The Morgan fingerprint density at radius 2 is 0.722 bits per heavy atom. The Morgan fingerprint density at radius 3 is 0.963 bits per heavy atom. The molecule has 0 fully saturated rings. The molecular weight excluding hydrogens is 677 g/mol. The van der Waals surface area contributed by atoms with Crippen molar-refractivity contribution >= 4 is 11.9 Å². The van der Waals surface area contributed by atoms with E-state index in [0.717, 1.165) is 67.3 Å². The Bertz CT molecular complexity index is 1660. The first-order valence-electron chi connectivity index (χ1n) is 19.4. The minimum absolute atomic E-state index is 0.211. The first kappa shape index (κ1) is 40.5. The molecule has 0 unspecified atom stereocenters. The van der Waals surface area contributed by atoms with Gasteiger partial charge in [-0.05, 0) is 79.7 Å². The van der Waals surface area contributed by atoms with Gasteiger partial charge < -0.3 is 27.9 Å². The van der Waals surface area contributed by atoms with Gasteiger partial charge in [0.05, 0.1) is 38.3 Å². The molecule has 0 saturated carbocycles. The number of hydrogen-bond donors (Lipinski definition) is 0. The number of nitrogens with zero attached hydrogens (tertiary/aromatic N) is 2. The normalized spacial score (nSPS) is 13.9. The van der Waals surface area contributed by atoms with E-state index in [1.165, 1.54) is 0 Å². The number of esters is 2. The van der Waals surface area contributed by atoms with Crippen LogP contribution >= 0.6 is 0 Å². The highest BCUT2D eigenvalue weighted by Crippen LogP contribution is 2.45. The molecule has 8 nitrogen and oxygen atoms in total. The molecule has 54 heavy (non-hydrogen) atoms. The maximum atomic E-state index is 13.1. The van der Waals surface area contributed by atoms with Crippen molar-refractivity contribution in [1.82, 2.24) is 0 Å². The Labute approximate surface area is 322 Å². The number of rotatable bonds is 12. The summed E-state index contributed by atoms with van der Waals surface area (Å²) in [7, 11) is 4.45. The summed E-state index contributed by atoms with van der Waals surface area (Å²) >= 11 is 0. The quantitative estimate of drug-likeness (QED) is 0.107. The van der Waals surface area contributed by atoms with E-state index >= 15 is 0 Å². The smallest absolute Gasteiger partial charge is 0.318 e. The number of hydrogen-bond acceptors (Lipinski definition) is 6. The molecule has 0 saturated heterocycles. The molecule has 288 valence electrons. The molecule has 2 heterocycles. The maximum absolute atomic E-state index is 13.1. The largest absolute Gasteiger partial charge is 0.459 e. The number of likely N-dealkylation sites (N-methyl/N-ethyl adjacent to an activating group) is 2. The van der Waals surface area contributed by atoms with E-state index in [-0.39, 0.29) is 11.9 Å². The molecule has 2 aliphatic heterocycles. The monoisotopic (exact) mass is 736 g/mol. The van der Waals surface area contributed by atoms with Crippen LogP contribution in [-0.4, -0.2) is 85.5 Å². The van der Waals surface area contributed by atoms with E-state index in [9.17, 15) is 9.59 Å². The molecule has 0 radical (unpaired) electrons. The summed E-state index contributed by atoms with van der Waals surface area (Å²) in [6.07, 6.45) is 0. The summed E-state index contributed by atoms with van der Waals surface area (Å²) in [5.41, 5.74) is 3.47. The number of para-hydroxylation sites is 4. The standard InChI is InChI=1S/2C23H30NO3/c2*1-16(2)24(5,17(3)4)14-15-26-23(25)22-18-10-6-8-12-20(18)27-21-13-9-7-11-19(21)22/h2*6-13,16-17,22H,14-15H2,1-5H3/q2*+1. The minimum atomic E-state index is -0.442. The zero-order valence-corrected chi connectivity index (χ0v) is 33.9. The highest BCUT2D eigenvalue weighted by molar-refractivity contribution is 5.86. The lowest BCUT2D eigenvalue weighted by Crippen LogP contribution is -2.56. The van der Waals surface area contributed by atoms with Gasteiger partial charge in [-0.3, -0.25) is 9.59 Å². The van der Waals surface area contributed by atoms with Crippen molar-refractivity contribution in [2.45, 2.75) is 91.4 Å². The topological polar surface area (TPSA) is 71.1 Å². The molecule has 0 N–H and O–H groups in total. The fourth-order valence-electron chi connectivity index (χ4n) is 7.41. The average Bonchev–Trinajstić information content (AvgIpc) is 3.15. The number of carbonyl (C=O) groups excluding carboxylic acids is 2. The lowest BCUT2D eigenvalue weighted by atomic mass is 9.88. The third-order valence-corrected chi connectivity index (χ3v) is 12.2. The van der Waals surface area contributed by atoms with Gasteiger partial charge in [-0.25, -0.2) is 0 Å². The van der Waals surface area contributed by atoms with Crippen LogP contribution in [0.5, 0.6) is 23.0 Å². The van der Waals surface area contributed by atoms with Crippen LogP contribution in [-0.2, 0) is 19.1 Å². The summed E-state index contributed by atoms with van der Waals surface area (Å²) in [6.45, 7) is 20.1. The molecule has 2 aliphatic rings. The molecule has 0 spiro atoms. The van der Waals surface area contributed by atoms with Gasteiger partial charge in [0, 0.05) is 22.3 Å². The van der Waals surface area contributed by atoms with Gasteiger partial charge in [0.1, 0.15) is 61.1 Å². The van der Waals surface area contributed by atoms with Gasteiger partial charge in [0.15, 0.2) is 0 Å². The van der Waals surface area contributed by atoms with Crippen LogP contribution in [0.2, 0.25) is 0 Å². The zero-order valence-electron chi connectivity index (χ0n) is 33.9. The van der Waals surface area contributed by atoms with E-state index in [1.54, 1.807) is 0 Å². The Morgan fingerprint density at radius 1 is 0.481 bits per heavy atom. The summed E-state index contributed by atoms with van der Waals surface area (Å²) < 4.78 is 25.2. The molecule has 4 aromatic rings. The number of fused-ring (bicyclic) bond motifs is 4. The Kier molecular flexibility index (Phi) is 12.9. The molecule has 0 atom stereocenters. The second kappa shape index (κ2) is 17.2. The van der Waals surface area contributed by atoms with Gasteiger partial charge >= 0.3 is 11.9 Å². The van der Waals surface area contributed by atoms with Crippen molar-refractivity contribution in [1.29, 1.82) is 0 Å². The lowest BCUT2D eigenvalue weighted by molar-refractivity contribution is -0.949. The SMILES string of the molecule is CC(C)[N+](C)(CCOC(=O)C1c2ccccc2Oc2ccccc21)C(C)C.CC(C)[N+](C)(CCOC(=O)C1c2ccccc2Oc2ccccc21)C(C)C. The maximum Gasteiger partial charge on any atom is 0.318 e. The molecular formula is C46H60N2O6+2. The minimum Gasteiger partial charge on any atom is -0.459 e. The van der Waals surface area contributed by atoms with Crippen LogP contribution in [0.25, 0.3) is 0 Å². The zero-order chi connectivity index (χ0) is 39.2. The van der Waals surface area contributed by atoms with Crippen LogP contribution in [0.1, 0.15) is 89.5 Å². The van der Waals surface area contributed by atoms with E-state index < -0.39 is 11.8 Å². The predicted octanol–water partition coefficient (Wildman–Crippen LogP) is 9.46. The van der Waals surface area contributed by atoms with Crippen LogP contribution in [0.3, 0.4) is 0 Å². The highest BCUT2D eigenvalue weighted by Gasteiger charge is 2.37. The van der Waals surface area contributed by atoms with E-state index in [2.05, 4.69) is 69.5 Å². The Balaban J connectivity index is 0.000000208. The number of benzene rings is 4. The third kappa shape index (κ3) is 8.50. The second-order valence-corrected chi connectivity index (χ2v) is 16.1. The molecule has 0 aliphatic carbocycles. The average molecular weight is 737 g/mol. The van der Waals surface area contributed by atoms with E-state index in [1.807, 2.05) is 97.1 Å².